The van der Waals surface area contributed by atoms with Crippen molar-refractivity contribution in [2.75, 3.05) is 6.61 Å². The van der Waals surface area contributed by atoms with Gasteiger partial charge >= 0.3 is 0 Å². The second-order valence-corrected chi connectivity index (χ2v) is 4.78. The van der Waals surface area contributed by atoms with Crippen molar-refractivity contribution in [2.24, 2.45) is 0 Å². The molecule has 3 rings (SSSR count). The summed E-state index contributed by atoms with van der Waals surface area (Å²) >= 11 is 0. The largest absolute Gasteiger partial charge is 0.492 e. The van der Waals surface area contributed by atoms with E-state index in [0.29, 0.717) is 0 Å². The van der Waals surface area contributed by atoms with E-state index >= 15 is 0 Å². The van der Waals surface area contributed by atoms with Gasteiger partial charge in [-0.25, -0.2) is 0 Å². The molecule has 95 valence electrons. The molecule has 0 spiro atoms. The van der Waals surface area contributed by atoms with Gasteiger partial charge in [-0.1, -0.05) is 49.7 Å². The molecule has 0 aromatic heterocycles. The Morgan fingerprint density at radius 3 is 2.79 bits per heavy atom. The molecule has 0 aliphatic rings. The summed E-state index contributed by atoms with van der Waals surface area (Å²) in [4.78, 5) is 0. The van der Waals surface area contributed by atoms with Crippen molar-refractivity contribution in [3.05, 3.63) is 54.6 Å². The minimum Gasteiger partial charge on any atom is -0.492 e. The van der Waals surface area contributed by atoms with Crippen molar-refractivity contribution in [3.8, 4) is 5.75 Å². The summed E-state index contributed by atoms with van der Waals surface area (Å²) < 4.78 is 6.06. The van der Waals surface area contributed by atoms with Crippen molar-refractivity contribution in [1.29, 1.82) is 0 Å². The van der Waals surface area contributed by atoms with Gasteiger partial charge in [0.1, 0.15) is 5.75 Å². The molecule has 3 aromatic rings. The van der Waals surface area contributed by atoms with Crippen LogP contribution >= 0.6 is 0 Å². The Balaban J connectivity index is 2.21. The summed E-state index contributed by atoms with van der Waals surface area (Å²) in [6.07, 6.45) is 2.24. The molecular weight excluding hydrogens is 232 g/mol. The smallest absolute Gasteiger partial charge is 0.134 e. The first-order chi connectivity index (χ1) is 9.40. The average molecular weight is 249 g/mol. The van der Waals surface area contributed by atoms with E-state index in [1.165, 1.54) is 21.5 Å². The van der Waals surface area contributed by atoms with Crippen molar-refractivity contribution < 1.29 is 4.74 Å². The Morgan fingerprint density at radius 1 is 1.05 bits per heavy atom. The summed E-state index contributed by atoms with van der Waals surface area (Å²) in [6.45, 7) is 2.96. The summed E-state index contributed by atoms with van der Waals surface area (Å²) in [6, 6.07) is 19.8. The maximum absolute atomic E-state index is 6.06. The van der Waals surface area contributed by atoms with E-state index in [0.717, 1.165) is 25.2 Å². The monoisotopic (exact) mass is 249 g/mol. The molecule has 1 heteroatoms. The summed E-state index contributed by atoms with van der Waals surface area (Å²) in [5.74, 6) is 1.01. The molecule has 3 aromatic carbocycles. The zero-order valence-corrected chi connectivity index (χ0v) is 11.1. The summed E-state index contributed by atoms with van der Waals surface area (Å²) in [5, 5.41) is 4.78. The number of fused-ring (bicyclic) bond motifs is 2. The third-order valence-corrected chi connectivity index (χ3v) is 3.40. The van der Waals surface area contributed by atoms with Crippen molar-refractivity contribution in [3.63, 3.8) is 0 Å². The highest BCUT2D eigenvalue weighted by molar-refractivity contribution is 6.05. The normalized spacial score (nSPS) is 11.0. The van der Waals surface area contributed by atoms with E-state index in [-0.39, 0.29) is 0 Å². The van der Waals surface area contributed by atoms with Gasteiger partial charge in [0.15, 0.2) is 0 Å². The van der Waals surface area contributed by atoms with Crippen LogP contribution in [0.2, 0.25) is 0 Å². The third kappa shape index (κ3) is 2.28. The standard InChI is InChI=1S/C18H17O/c1-2-3-12-19-18-16-10-6-4-8-14(16)13-15-9-5-7-11-17(15)18/h4,6-11,13H,2-3,12H2,1H3. The van der Waals surface area contributed by atoms with Gasteiger partial charge in [-0.3, -0.25) is 0 Å². The quantitative estimate of drug-likeness (QED) is 0.468. The van der Waals surface area contributed by atoms with Gasteiger partial charge < -0.3 is 4.74 Å². The molecule has 0 amide bonds. The second-order valence-electron chi connectivity index (χ2n) is 4.78. The van der Waals surface area contributed by atoms with Crippen LogP contribution in [0.15, 0.2) is 48.5 Å². The second kappa shape index (κ2) is 5.31. The predicted octanol–water partition coefficient (Wildman–Crippen LogP) is 4.97. The minimum atomic E-state index is 0.776. The first-order valence-corrected chi connectivity index (χ1v) is 6.84. The maximum Gasteiger partial charge on any atom is 0.134 e. The number of unbranched alkanes of at least 4 members (excludes halogenated alkanes) is 1. The molecule has 0 bridgehead atoms. The lowest BCUT2D eigenvalue weighted by molar-refractivity contribution is 0.316. The van der Waals surface area contributed by atoms with Crippen LogP contribution in [0.3, 0.4) is 0 Å². The molecule has 0 saturated carbocycles. The highest BCUT2D eigenvalue weighted by Gasteiger charge is 2.07. The van der Waals surface area contributed by atoms with Gasteiger partial charge in [0.2, 0.25) is 0 Å². The van der Waals surface area contributed by atoms with E-state index in [1.807, 2.05) is 12.1 Å². The molecule has 1 radical (unpaired) electrons. The van der Waals surface area contributed by atoms with Crippen LogP contribution in [-0.2, 0) is 0 Å². The lowest BCUT2D eigenvalue weighted by Gasteiger charge is -2.12. The van der Waals surface area contributed by atoms with E-state index in [1.54, 1.807) is 0 Å². The lowest BCUT2D eigenvalue weighted by Crippen LogP contribution is -1.98. The third-order valence-electron chi connectivity index (χ3n) is 3.40. The fraction of sp³-hybridized carbons (Fsp3) is 0.222. The molecule has 0 unspecified atom stereocenters. The van der Waals surface area contributed by atoms with E-state index in [4.69, 9.17) is 4.74 Å². The maximum atomic E-state index is 6.06. The topological polar surface area (TPSA) is 9.23 Å². The van der Waals surface area contributed by atoms with Gasteiger partial charge in [0.05, 0.1) is 6.61 Å². The van der Waals surface area contributed by atoms with Crippen LogP contribution in [0, 0.1) is 6.07 Å². The zero-order valence-electron chi connectivity index (χ0n) is 11.1. The SMILES string of the molecule is CCCCOc1c2cc[c]cc2cc2ccccc12. The fourth-order valence-electron chi connectivity index (χ4n) is 2.39. The number of benzene rings is 3. The van der Waals surface area contributed by atoms with Crippen LogP contribution in [0.4, 0.5) is 0 Å². The Bertz CT molecular complexity index is 646. The van der Waals surface area contributed by atoms with E-state index in [9.17, 15) is 0 Å². The van der Waals surface area contributed by atoms with Crippen LogP contribution in [0.25, 0.3) is 21.5 Å². The fourth-order valence-corrected chi connectivity index (χ4v) is 2.39. The van der Waals surface area contributed by atoms with Gasteiger partial charge in [-0.2, -0.15) is 0 Å². The van der Waals surface area contributed by atoms with E-state index in [2.05, 4.69) is 49.4 Å². The van der Waals surface area contributed by atoms with Crippen molar-refractivity contribution in [2.45, 2.75) is 19.8 Å². The highest BCUT2D eigenvalue weighted by atomic mass is 16.5. The van der Waals surface area contributed by atoms with Crippen LogP contribution in [0.1, 0.15) is 19.8 Å². The van der Waals surface area contributed by atoms with Crippen molar-refractivity contribution >= 4 is 21.5 Å². The lowest BCUT2D eigenvalue weighted by atomic mass is 10.0. The molecule has 0 atom stereocenters. The summed E-state index contributed by atoms with van der Waals surface area (Å²) in [5.41, 5.74) is 0. The van der Waals surface area contributed by atoms with E-state index < -0.39 is 0 Å². The van der Waals surface area contributed by atoms with Crippen LogP contribution < -0.4 is 4.74 Å². The Labute approximate surface area is 113 Å². The Morgan fingerprint density at radius 2 is 1.89 bits per heavy atom. The predicted molar refractivity (Wildman–Crippen MR) is 80.7 cm³/mol. The van der Waals surface area contributed by atoms with Crippen molar-refractivity contribution in [1.82, 2.24) is 0 Å². The Hall–Kier alpha value is -2.02. The minimum absolute atomic E-state index is 0.776. The van der Waals surface area contributed by atoms with Gasteiger partial charge in [-0.05, 0) is 35.4 Å². The highest BCUT2D eigenvalue weighted by Crippen LogP contribution is 2.34. The number of hydrogen-bond donors (Lipinski definition) is 0. The zero-order chi connectivity index (χ0) is 13.1. The molecule has 0 saturated heterocycles. The van der Waals surface area contributed by atoms with Crippen LogP contribution in [0.5, 0.6) is 5.75 Å². The van der Waals surface area contributed by atoms with Gasteiger partial charge in [0, 0.05) is 10.8 Å². The number of ether oxygens (including phenoxy) is 1. The molecule has 19 heavy (non-hydrogen) atoms. The van der Waals surface area contributed by atoms with Gasteiger partial charge in [-0.15, -0.1) is 0 Å². The first kappa shape index (κ1) is 12.0. The molecule has 0 N–H and O–H groups in total. The average Bonchev–Trinajstić information content (AvgIpc) is 2.46. The molecule has 1 nitrogen and oxygen atoms in total. The summed E-state index contributed by atoms with van der Waals surface area (Å²) in [7, 11) is 0. The molecule has 0 aliphatic heterocycles. The number of rotatable bonds is 4. The van der Waals surface area contributed by atoms with Crippen LogP contribution in [-0.4, -0.2) is 6.61 Å². The first-order valence-electron chi connectivity index (χ1n) is 6.84. The molecule has 0 fully saturated rings. The molecule has 0 heterocycles. The van der Waals surface area contributed by atoms with Gasteiger partial charge in [0.25, 0.3) is 0 Å². The number of hydrogen-bond acceptors (Lipinski definition) is 1. The molecule has 0 aliphatic carbocycles. The Kier molecular flexibility index (Phi) is 3.37. The molecular formula is C18H17O.